The number of alkyl halides is 3. The minimum atomic E-state index is -4.50. The van der Waals surface area contributed by atoms with Gasteiger partial charge in [-0.05, 0) is 75.6 Å². The van der Waals surface area contributed by atoms with E-state index >= 15 is 0 Å². The normalized spacial score (nSPS) is 14.8. The molecule has 12 heteroatoms. The fourth-order valence-corrected chi connectivity index (χ4v) is 4.62. The summed E-state index contributed by atoms with van der Waals surface area (Å²) in [5.74, 6) is 0.917. The van der Waals surface area contributed by atoms with Gasteiger partial charge in [0.1, 0.15) is 17.7 Å². The quantitative estimate of drug-likeness (QED) is 0.415. The van der Waals surface area contributed by atoms with E-state index in [2.05, 4.69) is 15.3 Å². The molecule has 0 bridgehead atoms. The van der Waals surface area contributed by atoms with Gasteiger partial charge in [-0.3, -0.25) is 4.90 Å². The molecule has 0 saturated carbocycles. The lowest BCUT2D eigenvalue weighted by molar-refractivity contribution is -0.137. The Hall–Kier alpha value is -4.35. The number of ether oxygens (including phenoxy) is 2. The fourth-order valence-electron chi connectivity index (χ4n) is 4.62. The van der Waals surface area contributed by atoms with Crippen LogP contribution in [0.15, 0.2) is 48.8 Å². The Morgan fingerprint density at radius 1 is 1.00 bits per heavy atom. The van der Waals surface area contributed by atoms with Gasteiger partial charge in [0.2, 0.25) is 5.88 Å². The zero-order valence-corrected chi connectivity index (χ0v) is 22.2. The standard InChI is InChI=1S/C28H28F3N5O4/c1-27(2,3)40-26(38)35-11-10-21-22(15-35)32-16-33-24(21)39-20-7-8-23-17(13-20)9-12-36(23)25(37)34-19-6-4-5-18(14-19)28(29,30)31/h4-8,13-14,16H,9-12,15H2,1-3H3,(H,34,37). The van der Waals surface area contributed by atoms with Gasteiger partial charge in [-0.2, -0.15) is 13.2 Å². The number of anilines is 2. The lowest BCUT2D eigenvalue weighted by Gasteiger charge is -2.30. The van der Waals surface area contributed by atoms with Crippen molar-refractivity contribution in [3.63, 3.8) is 0 Å². The van der Waals surface area contributed by atoms with Crippen molar-refractivity contribution < 1.29 is 32.2 Å². The summed E-state index contributed by atoms with van der Waals surface area (Å²) in [7, 11) is 0. The van der Waals surface area contributed by atoms with E-state index in [0.29, 0.717) is 48.9 Å². The third-order valence-electron chi connectivity index (χ3n) is 6.47. The van der Waals surface area contributed by atoms with Gasteiger partial charge in [0.15, 0.2) is 0 Å². The fraction of sp³-hybridized carbons (Fsp3) is 0.357. The van der Waals surface area contributed by atoms with E-state index in [9.17, 15) is 22.8 Å². The van der Waals surface area contributed by atoms with Crippen molar-refractivity contribution in [1.29, 1.82) is 0 Å². The number of nitrogens with zero attached hydrogens (tertiary/aromatic N) is 4. The van der Waals surface area contributed by atoms with Crippen LogP contribution in [0, 0.1) is 0 Å². The number of carbonyl (C=O) groups excluding carboxylic acids is 2. The summed E-state index contributed by atoms with van der Waals surface area (Å²) in [6.45, 7) is 6.53. The summed E-state index contributed by atoms with van der Waals surface area (Å²) >= 11 is 0. The molecule has 0 atom stereocenters. The number of hydrogen-bond donors (Lipinski definition) is 1. The zero-order valence-electron chi connectivity index (χ0n) is 22.2. The second-order valence-corrected chi connectivity index (χ2v) is 10.6. The van der Waals surface area contributed by atoms with Crippen LogP contribution in [0.2, 0.25) is 0 Å². The summed E-state index contributed by atoms with van der Waals surface area (Å²) in [5, 5.41) is 2.55. The molecule has 0 aliphatic carbocycles. The number of carbonyl (C=O) groups is 2. The number of urea groups is 1. The first-order valence-electron chi connectivity index (χ1n) is 12.7. The number of fused-ring (bicyclic) bond motifs is 2. The molecule has 2 aromatic carbocycles. The number of nitrogens with one attached hydrogen (secondary N) is 1. The Balaban J connectivity index is 1.27. The van der Waals surface area contributed by atoms with Crippen molar-refractivity contribution in [3.8, 4) is 11.6 Å². The second-order valence-electron chi connectivity index (χ2n) is 10.6. The first-order valence-corrected chi connectivity index (χ1v) is 12.7. The molecule has 0 fully saturated rings. The smallest absolute Gasteiger partial charge is 0.416 e. The summed E-state index contributed by atoms with van der Waals surface area (Å²) in [4.78, 5) is 37.1. The monoisotopic (exact) mass is 555 g/mol. The number of halogens is 3. The van der Waals surface area contributed by atoms with Crippen molar-refractivity contribution in [2.45, 2.75) is 51.9 Å². The first kappa shape index (κ1) is 27.2. The number of hydrogen-bond acceptors (Lipinski definition) is 6. The highest BCUT2D eigenvalue weighted by Crippen LogP contribution is 2.35. The van der Waals surface area contributed by atoms with Gasteiger partial charge in [-0.15, -0.1) is 0 Å². The number of amides is 3. The van der Waals surface area contributed by atoms with Crippen molar-refractivity contribution in [1.82, 2.24) is 14.9 Å². The summed E-state index contributed by atoms with van der Waals surface area (Å²) < 4.78 is 50.7. The molecular formula is C28H28F3N5O4. The van der Waals surface area contributed by atoms with Gasteiger partial charge in [0, 0.05) is 30.0 Å². The van der Waals surface area contributed by atoms with Crippen LogP contribution >= 0.6 is 0 Å². The van der Waals surface area contributed by atoms with Crippen molar-refractivity contribution in [2.24, 2.45) is 0 Å². The molecule has 0 saturated heterocycles. The molecule has 3 aromatic rings. The van der Waals surface area contributed by atoms with Crippen molar-refractivity contribution in [3.05, 3.63) is 71.2 Å². The molecular weight excluding hydrogens is 527 g/mol. The van der Waals surface area contributed by atoms with E-state index in [-0.39, 0.29) is 12.2 Å². The number of benzene rings is 2. The SMILES string of the molecule is CC(C)(C)OC(=O)N1CCc2c(ncnc2Oc2ccc3c(c2)CCN3C(=O)Nc2cccc(C(F)(F)F)c2)C1. The number of aromatic nitrogens is 2. The Morgan fingerprint density at radius 3 is 2.55 bits per heavy atom. The molecule has 210 valence electrons. The molecule has 2 aliphatic rings. The Morgan fingerprint density at radius 2 is 1.80 bits per heavy atom. The van der Waals surface area contributed by atoms with Crippen LogP contribution in [0.5, 0.6) is 11.6 Å². The maximum atomic E-state index is 13.0. The van der Waals surface area contributed by atoms with Crippen LogP contribution in [-0.4, -0.2) is 45.7 Å². The van der Waals surface area contributed by atoms with Gasteiger partial charge < -0.3 is 19.7 Å². The van der Waals surface area contributed by atoms with E-state index in [1.807, 2.05) is 26.8 Å². The topological polar surface area (TPSA) is 96.9 Å². The molecule has 0 radical (unpaired) electrons. The largest absolute Gasteiger partial charge is 0.444 e. The van der Waals surface area contributed by atoms with Gasteiger partial charge in [0.05, 0.1) is 17.8 Å². The van der Waals surface area contributed by atoms with Gasteiger partial charge in [-0.25, -0.2) is 19.6 Å². The summed E-state index contributed by atoms with van der Waals surface area (Å²) in [6.07, 6.45) is -2.47. The Bertz CT molecular complexity index is 1450. The molecule has 1 N–H and O–H groups in total. The third kappa shape index (κ3) is 5.95. The highest BCUT2D eigenvalue weighted by molar-refractivity contribution is 6.03. The van der Waals surface area contributed by atoms with Crippen molar-refractivity contribution in [2.75, 3.05) is 23.3 Å². The van der Waals surface area contributed by atoms with Crippen LogP contribution in [0.1, 0.15) is 43.2 Å². The second kappa shape index (κ2) is 10.3. The first-order chi connectivity index (χ1) is 18.9. The predicted molar refractivity (Wildman–Crippen MR) is 140 cm³/mol. The van der Waals surface area contributed by atoms with E-state index in [1.54, 1.807) is 17.0 Å². The minimum Gasteiger partial charge on any atom is -0.444 e. The zero-order chi connectivity index (χ0) is 28.7. The van der Waals surface area contributed by atoms with Gasteiger partial charge >= 0.3 is 18.3 Å². The lowest BCUT2D eigenvalue weighted by Crippen LogP contribution is -2.40. The van der Waals surface area contributed by atoms with E-state index in [1.165, 1.54) is 23.4 Å². The third-order valence-corrected chi connectivity index (χ3v) is 6.47. The van der Waals surface area contributed by atoms with Crippen molar-refractivity contribution >= 4 is 23.5 Å². The summed E-state index contributed by atoms with van der Waals surface area (Å²) in [6, 6.07) is 9.26. The highest BCUT2D eigenvalue weighted by atomic mass is 19.4. The molecule has 1 aromatic heterocycles. The molecule has 3 heterocycles. The molecule has 0 unspecified atom stereocenters. The van der Waals surface area contributed by atoms with Crippen LogP contribution in [0.4, 0.5) is 34.1 Å². The summed E-state index contributed by atoms with van der Waals surface area (Å²) in [5.41, 5.74) is 1.63. The minimum absolute atomic E-state index is 0.0620. The van der Waals surface area contributed by atoms with E-state index in [0.717, 1.165) is 23.3 Å². The van der Waals surface area contributed by atoms with Gasteiger partial charge in [0.25, 0.3) is 0 Å². The average Bonchev–Trinajstić information content (AvgIpc) is 3.31. The average molecular weight is 556 g/mol. The van der Waals surface area contributed by atoms with Crippen LogP contribution in [0.3, 0.4) is 0 Å². The van der Waals surface area contributed by atoms with Crippen LogP contribution < -0.4 is 15.0 Å². The van der Waals surface area contributed by atoms with Crippen LogP contribution in [0.25, 0.3) is 0 Å². The molecule has 0 spiro atoms. The lowest BCUT2D eigenvalue weighted by atomic mass is 10.1. The maximum absolute atomic E-state index is 13.0. The Labute approximate surface area is 228 Å². The van der Waals surface area contributed by atoms with E-state index in [4.69, 9.17) is 9.47 Å². The Kier molecular flexibility index (Phi) is 7.03. The predicted octanol–water partition coefficient (Wildman–Crippen LogP) is 6.18. The molecule has 5 rings (SSSR count). The molecule has 40 heavy (non-hydrogen) atoms. The molecule has 3 amide bonds. The van der Waals surface area contributed by atoms with Crippen LogP contribution in [-0.2, 0) is 30.3 Å². The number of rotatable bonds is 3. The van der Waals surface area contributed by atoms with Gasteiger partial charge in [-0.1, -0.05) is 6.07 Å². The highest BCUT2D eigenvalue weighted by Gasteiger charge is 2.32. The molecule has 9 nitrogen and oxygen atoms in total. The van der Waals surface area contributed by atoms with E-state index < -0.39 is 29.5 Å². The maximum Gasteiger partial charge on any atom is 0.416 e. The molecule has 2 aliphatic heterocycles.